The molecule has 0 spiro atoms. The number of amides is 1. The number of carbonyl (C=O) groups is 2. The lowest BCUT2D eigenvalue weighted by atomic mass is 9.97. The molecule has 10 nitrogen and oxygen atoms in total. The third kappa shape index (κ3) is 3.85. The van der Waals surface area contributed by atoms with E-state index in [9.17, 15) is 14.0 Å². The van der Waals surface area contributed by atoms with Crippen LogP contribution in [0.4, 0.5) is 4.39 Å². The molecule has 0 aromatic carbocycles. The smallest absolute Gasteiger partial charge is 0.306 e. The van der Waals surface area contributed by atoms with E-state index in [1.807, 2.05) is 0 Å². The Morgan fingerprint density at radius 1 is 1.33 bits per heavy atom. The number of likely N-dealkylation sites (tertiary alicyclic amines) is 1. The fourth-order valence-electron chi connectivity index (χ4n) is 3.67. The van der Waals surface area contributed by atoms with Crippen LogP contribution in [0.15, 0.2) is 18.3 Å². The average Bonchev–Trinajstić information content (AvgIpc) is 3.43. The molecule has 0 saturated carbocycles. The van der Waals surface area contributed by atoms with Gasteiger partial charge in [-0.05, 0) is 18.9 Å². The molecule has 2 fully saturated rings. The summed E-state index contributed by atoms with van der Waals surface area (Å²) in [5, 5.41) is 16.6. The van der Waals surface area contributed by atoms with Crippen molar-refractivity contribution in [3.63, 3.8) is 0 Å². The molecular weight excluding hydrogens is 397 g/mol. The van der Waals surface area contributed by atoms with Crippen LogP contribution in [-0.2, 0) is 9.53 Å². The van der Waals surface area contributed by atoms with Gasteiger partial charge in [-0.25, -0.2) is 14.1 Å². The van der Waals surface area contributed by atoms with Gasteiger partial charge in [-0.15, -0.1) is 0 Å². The summed E-state index contributed by atoms with van der Waals surface area (Å²) in [5.74, 6) is -1.99. The molecule has 0 aliphatic carbocycles. The van der Waals surface area contributed by atoms with Gasteiger partial charge in [0.05, 0.1) is 31.5 Å². The summed E-state index contributed by atoms with van der Waals surface area (Å²) in [6.45, 7) is 1.71. The molecule has 4 heterocycles. The molecule has 160 valence electrons. The van der Waals surface area contributed by atoms with Gasteiger partial charge in [0.15, 0.2) is 11.5 Å². The first-order chi connectivity index (χ1) is 14.5. The molecule has 2 saturated heterocycles. The fourth-order valence-corrected chi connectivity index (χ4v) is 3.67. The Morgan fingerprint density at radius 2 is 2.10 bits per heavy atom. The molecule has 30 heavy (non-hydrogen) atoms. The minimum absolute atomic E-state index is 0.131. The first kappa shape index (κ1) is 20.2. The van der Waals surface area contributed by atoms with Gasteiger partial charge in [0.2, 0.25) is 12.2 Å². The summed E-state index contributed by atoms with van der Waals surface area (Å²) in [7, 11) is 1.43. The van der Waals surface area contributed by atoms with E-state index in [4.69, 9.17) is 14.6 Å². The van der Waals surface area contributed by atoms with E-state index in [2.05, 4.69) is 15.4 Å². The van der Waals surface area contributed by atoms with E-state index in [1.165, 1.54) is 23.9 Å². The third-order valence-electron chi connectivity index (χ3n) is 5.32. The molecule has 1 atom stereocenters. The summed E-state index contributed by atoms with van der Waals surface area (Å²) < 4.78 is 26.7. The van der Waals surface area contributed by atoms with Crippen molar-refractivity contribution in [2.75, 3.05) is 33.4 Å². The van der Waals surface area contributed by atoms with Crippen molar-refractivity contribution in [2.45, 2.75) is 19.2 Å². The van der Waals surface area contributed by atoms with Gasteiger partial charge in [0, 0.05) is 31.3 Å². The maximum Gasteiger partial charge on any atom is 0.306 e. The van der Waals surface area contributed by atoms with Crippen LogP contribution in [0, 0.1) is 11.7 Å². The lowest BCUT2D eigenvalue weighted by Crippen LogP contribution is -2.40. The standard InChI is InChI=1S/C19H22FN5O5/c1-29-16-8-12(13(20)10-22-16)15-9-14(23-25(15)19-21-4-7-30-19)17(26)24-5-2-11(3-6-24)18(27)28/h8-11,19,21H,2-7H2,1H3,(H,27,28). The van der Waals surface area contributed by atoms with Gasteiger partial charge >= 0.3 is 5.97 Å². The first-order valence-corrected chi connectivity index (χ1v) is 9.64. The molecule has 1 amide bonds. The van der Waals surface area contributed by atoms with Gasteiger partial charge in [0.1, 0.15) is 0 Å². The van der Waals surface area contributed by atoms with E-state index in [0.29, 0.717) is 44.8 Å². The number of aromatic nitrogens is 3. The van der Waals surface area contributed by atoms with Gasteiger partial charge in [-0.1, -0.05) is 0 Å². The topological polar surface area (TPSA) is 119 Å². The summed E-state index contributed by atoms with van der Waals surface area (Å²) in [6, 6.07) is 2.94. The fraction of sp³-hybridized carbons (Fsp3) is 0.474. The highest BCUT2D eigenvalue weighted by molar-refractivity contribution is 5.93. The number of carbonyl (C=O) groups excluding carboxylic acids is 1. The monoisotopic (exact) mass is 419 g/mol. The number of rotatable bonds is 5. The lowest BCUT2D eigenvalue weighted by molar-refractivity contribution is -0.143. The molecule has 2 aromatic rings. The number of pyridine rings is 1. The van der Waals surface area contributed by atoms with Crippen LogP contribution in [0.5, 0.6) is 5.88 Å². The van der Waals surface area contributed by atoms with Gasteiger partial charge in [-0.2, -0.15) is 5.10 Å². The molecule has 4 rings (SSSR count). The minimum atomic E-state index is -0.847. The van der Waals surface area contributed by atoms with Crippen LogP contribution in [-0.4, -0.2) is 70.0 Å². The number of carboxylic acid groups (broad SMARTS) is 1. The SMILES string of the molecule is COc1cc(-c2cc(C(=O)N3CCC(C(=O)O)CC3)nn2C2NCCO2)c(F)cn1. The molecule has 11 heteroatoms. The molecule has 2 aromatic heterocycles. The molecule has 0 radical (unpaired) electrons. The van der Waals surface area contributed by atoms with E-state index in [-0.39, 0.29) is 23.0 Å². The Morgan fingerprint density at radius 3 is 2.73 bits per heavy atom. The summed E-state index contributed by atoms with van der Waals surface area (Å²) in [5.41, 5.74) is 0.651. The minimum Gasteiger partial charge on any atom is -0.481 e. The number of halogens is 1. The average molecular weight is 419 g/mol. The zero-order valence-corrected chi connectivity index (χ0v) is 16.4. The zero-order chi connectivity index (χ0) is 21.3. The normalized spacial score (nSPS) is 19.8. The van der Waals surface area contributed by atoms with Gasteiger partial charge in [0.25, 0.3) is 5.91 Å². The number of nitrogens with zero attached hydrogens (tertiary/aromatic N) is 4. The largest absolute Gasteiger partial charge is 0.481 e. The Hall–Kier alpha value is -3.05. The molecule has 2 aliphatic rings. The van der Waals surface area contributed by atoms with Crippen LogP contribution < -0.4 is 10.1 Å². The van der Waals surface area contributed by atoms with E-state index < -0.39 is 24.1 Å². The van der Waals surface area contributed by atoms with E-state index in [1.54, 1.807) is 4.90 Å². The van der Waals surface area contributed by atoms with Gasteiger partial charge in [-0.3, -0.25) is 14.9 Å². The van der Waals surface area contributed by atoms with Crippen LogP contribution in [0.2, 0.25) is 0 Å². The number of carboxylic acids is 1. The number of piperidine rings is 1. The number of aliphatic carboxylic acids is 1. The summed E-state index contributed by atoms with van der Waals surface area (Å²) >= 11 is 0. The van der Waals surface area contributed by atoms with Gasteiger partial charge < -0.3 is 19.5 Å². The van der Waals surface area contributed by atoms with Crippen LogP contribution in [0.25, 0.3) is 11.3 Å². The van der Waals surface area contributed by atoms with Crippen LogP contribution in [0.3, 0.4) is 0 Å². The molecule has 2 N–H and O–H groups in total. The second-order valence-electron chi connectivity index (χ2n) is 7.15. The maximum absolute atomic E-state index is 14.6. The van der Waals surface area contributed by atoms with Crippen molar-refractivity contribution >= 4 is 11.9 Å². The molecule has 1 unspecified atom stereocenters. The van der Waals surface area contributed by atoms with Crippen molar-refractivity contribution in [3.8, 4) is 17.1 Å². The van der Waals surface area contributed by atoms with Crippen molar-refractivity contribution in [1.82, 2.24) is 25.0 Å². The highest BCUT2D eigenvalue weighted by atomic mass is 19.1. The van der Waals surface area contributed by atoms with Crippen molar-refractivity contribution in [3.05, 3.63) is 29.8 Å². The van der Waals surface area contributed by atoms with E-state index in [0.717, 1.165) is 6.20 Å². The number of nitrogens with one attached hydrogen (secondary N) is 1. The highest BCUT2D eigenvalue weighted by Gasteiger charge is 2.31. The van der Waals surface area contributed by atoms with Crippen molar-refractivity contribution in [2.24, 2.45) is 5.92 Å². The quantitative estimate of drug-likeness (QED) is 0.740. The summed E-state index contributed by atoms with van der Waals surface area (Å²) in [4.78, 5) is 29.6. The predicted octanol–water partition coefficient (Wildman–Crippen LogP) is 1.11. The summed E-state index contributed by atoms with van der Waals surface area (Å²) in [6.07, 6.45) is 1.18. The van der Waals surface area contributed by atoms with E-state index >= 15 is 0 Å². The third-order valence-corrected chi connectivity index (χ3v) is 5.32. The number of hydrogen-bond donors (Lipinski definition) is 2. The first-order valence-electron chi connectivity index (χ1n) is 9.64. The number of ether oxygens (including phenoxy) is 2. The lowest BCUT2D eigenvalue weighted by Gasteiger charge is -2.29. The number of hydrogen-bond acceptors (Lipinski definition) is 7. The van der Waals surface area contributed by atoms with Crippen molar-refractivity contribution < 1.29 is 28.6 Å². The maximum atomic E-state index is 14.6. The Kier molecular flexibility index (Phi) is 5.64. The second kappa shape index (κ2) is 8.36. The van der Waals surface area contributed by atoms with Crippen molar-refractivity contribution in [1.29, 1.82) is 0 Å². The van der Waals surface area contributed by atoms with Crippen LogP contribution >= 0.6 is 0 Å². The Labute approximate surface area is 171 Å². The van der Waals surface area contributed by atoms with Crippen LogP contribution in [0.1, 0.15) is 29.7 Å². The molecule has 0 bridgehead atoms. The Bertz CT molecular complexity index is 951. The highest BCUT2D eigenvalue weighted by Crippen LogP contribution is 2.30. The molecular formula is C19H22FN5O5. The molecule has 2 aliphatic heterocycles. The zero-order valence-electron chi connectivity index (χ0n) is 16.4. The predicted molar refractivity (Wildman–Crippen MR) is 101 cm³/mol. The number of methoxy groups -OCH3 is 1. The Balaban J connectivity index is 1.66. The second-order valence-corrected chi connectivity index (χ2v) is 7.15.